The fraction of sp³-hybridized carbons (Fsp3) is 0.318. The Kier molecular flexibility index (Phi) is 4.03. The minimum absolute atomic E-state index is 0.315. The van der Waals surface area contributed by atoms with E-state index in [-0.39, 0.29) is 0 Å². The average Bonchev–Trinajstić information content (AvgIpc) is 3.28. The number of anilines is 1. The number of aliphatic hydroxyl groups is 1. The molecule has 0 spiro atoms. The van der Waals surface area contributed by atoms with E-state index in [2.05, 4.69) is 26.8 Å². The summed E-state index contributed by atoms with van der Waals surface area (Å²) in [6.45, 7) is 0. The van der Waals surface area contributed by atoms with Gasteiger partial charge in [-0.2, -0.15) is 0 Å². The van der Waals surface area contributed by atoms with Gasteiger partial charge in [0.05, 0.1) is 0 Å². The van der Waals surface area contributed by atoms with Gasteiger partial charge in [-0.15, -0.1) is 0 Å². The molecule has 7 nitrogen and oxygen atoms in total. The number of furan rings is 1. The summed E-state index contributed by atoms with van der Waals surface area (Å²) in [7, 11) is 1.80. The van der Waals surface area contributed by atoms with Crippen LogP contribution in [0.2, 0.25) is 0 Å². The molecule has 0 radical (unpaired) electrons. The van der Waals surface area contributed by atoms with Crippen molar-refractivity contribution in [1.29, 1.82) is 0 Å². The number of hydrogen-bond donors (Lipinski definition) is 2. The first-order valence-corrected chi connectivity index (χ1v) is 9.77. The standard InChI is InChI=1S/C22H21N5O2/c1-27-20-19(26-21(27)23)18(16-13-14-7-3-4-8-15(14)29-16)24-17(25-20)9-12-22(28)10-5-2-6-11-22/h3-4,7-8,13,28H,2,5-6,10-11H2,1H3,(H2,23,26). The first kappa shape index (κ1) is 17.7. The van der Waals surface area contributed by atoms with Gasteiger partial charge in [-0.25, -0.2) is 15.0 Å². The van der Waals surface area contributed by atoms with Gasteiger partial charge in [-0.1, -0.05) is 30.5 Å². The van der Waals surface area contributed by atoms with Crippen LogP contribution in [0.1, 0.15) is 37.9 Å². The molecule has 1 fully saturated rings. The van der Waals surface area contributed by atoms with Gasteiger partial charge in [-0.05, 0) is 43.7 Å². The van der Waals surface area contributed by atoms with Gasteiger partial charge in [0, 0.05) is 12.4 Å². The van der Waals surface area contributed by atoms with Gasteiger partial charge in [0.15, 0.2) is 11.4 Å². The van der Waals surface area contributed by atoms with Crippen molar-refractivity contribution in [3.05, 3.63) is 36.2 Å². The van der Waals surface area contributed by atoms with E-state index in [9.17, 15) is 5.11 Å². The van der Waals surface area contributed by atoms with Crippen LogP contribution in [-0.2, 0) is 7.05 Å². The Bertz CT molecular complexity index is 1250. The Morgan fingerprint density at radius 1 is 1.14 bits per heavy atom. The van der Waals surface area contributed by atoms with Gasteiger partial charge in [0.1, 0.15) is 22.4 Å². The van der Waals surface area contributed by atoms with Crippen LogP contribution < -0.4 is 5.73 Å². The molecule has 29 heavy (non-hydrogen) atoms. The van der Waals surface area contributed by atoms with Gasteiger partial charge >= 0.3 is 0 Å². The Morgan fingerprint density at radius 3 is 2.72 bits per heavy atom. The van der Waals surface area contributed by atoms with Crippen LogP contribution in [-0.4, -0.2) is 30.2 Å². The second-order valence-electron chi connectivity index (χ2n) is 7.59. The van der Waals surface area contributed by atoms with Crippen molar-refractivity contribution in [3.8, 4) is 23.3 Å². The molecular weight excluding hydrogens is 366 g/mol. The molecule has 0 saturated heterocycles. The highest BCUT2D eigenvalue weighted by atomic mass is 16.3. The number of benzene rings is 1. The fourth-order valence-electron chi connectivity index (χ4n) is 3.84. The third-order valence-electron chi connectivity index (χ3n) is 5.50. The van der Waals surface area contributed by atoms with Crippen LogP contribution in [0, 0.1) is 11.8 Å². The van der Waals surface area contributed by atoms with E-state index >= 15 is 0 Å². The fourth-order valence-corrected chi connectivity index (χ4v) is 3.84. The Morgan fingerprint density at radius 2 is 1.93 bits per heavy atom. The first-order valence-electron chi connectivity index (χ1n) is 9.77. The zero-order chi connectivity index (χ0) is 20.0. The smallest absolute Gasteiger partial charge is 0.207 e. The summed E-state index contributed by atoms with van der Waals surface area (Å²) in [6, 6.07) is 9.69. The molecule has 5 rings (SSSR count). The normalized spacial score (nSPS) is 16.1. The predicted molar refractivity (Wildman–Crippen MR) is 111 cm³/mol. The first-order chi connectivity index (χ1) is 14.0. The Balaban J connectivity index is 1.68. The molecule has 3 heterocycles. The summed E-state index contributed by atoms with van der Waals surface area (Å²) in [5.41, 5.74) is 7.49. The topological polar surface area (TPSA) is 103 Å². The van der Waals surface area contributed by atoms with Crippen molar-refractivity contribution in [2.24, 2.45) is 7.05 Å². The number of nitrogens with zero attached hydrogens (tertiary/aromatic N) is 4. The second-order valence-corrected chi connectivity index (χ2v) is 7.59. The molecule has 4 aromatic rings. The second kappa shape index (κ2) is 6.61. The highest BCUT2D eigenvalue weighted by Crippen LogP contribution is 2.31. The quantitative estimate of drug-likeness (QED) is 0.485. The van der Waals surface area contributed by atoms with Crippen LogP contribution >= 0.6 is 0 Å². The molecule has 1 aliphatic carbocycles. The maximum absolute atomic E-state index is 10.7. The summed E-state index contributed by atoms with van der Waals surface area (Å²) >= 11 is 0. The van der Waals surface area contributed by atoms with E-state index < -0.39 is 5.60 Å². The molecule has 1 saturated carbocycles. The largest absolute Gasteiger partial charge is 0.454 e. The number of aryl methyl sites for hydroxylation is 1. The average molecular weight is 387 g/mol. The summed E-state index contributed by atoms with van der Waals surface area (Å²) in [4.78, 5) is 13.6. The number of hydrogen-bond acceptors (Lipinski definition) is 6. The summed E-state index contributed by atoms with van der Waals surface area (Å²) < 4.78 is 7.70. The number of nitrogen functional groups attached to an aromatic ring is 1. The zero-order valence-corrected chi connectivity index (χ0v) is 16.1. The lowest BCUT2D eigenvalue weighted by Crippen LogP contribution is -2.29. The highest BCUT2D eigenvalue weighted by molar-refractivity contribution is 5.91. The molecule has 7 heteroatoms. The summed E-state index contributed by atoms with van der Waals surface area (Å²) in [6.07, 6.45) is 4.45. The lowest BCUT2D eigenvalue weighted by Gasteiger charge is -2.26. The van der Waals surface area contributed by atoms with E-state index in [1.807, 2.05) is 30.3 Å². The van der Waals surface area contributed by atoms with E-state index in [1.165, 1.54) is 0 Å². The molecule has 146 valence electrons. The predicted octanol–water partition coefficient (Wildman–Crippen LogP) is 3.41. The maximum Gasteiger partial charge on any atom is 0.207 e. The monoisotopic (exact) mass is 387 g/mol. The van der Waals surface area contributed by atoms with Crippen LogP contribution in [0.15, 0.2) is 34.7 Å². The van der Waals surface area contributed by atoms with Crippen molar-refractivity contribution in [3.63, 3.8) is 0 Å². The van der Waals surface area contributed by atoms with Crippen molar-refractivity contribution in [1.82, 2.24) is 19.5 Å². The number of aromatic nitrogens is 4. The van der Waals surface area contributed by atoms with E-state index in [0.29, 0.717) is 47.2 Å². The van der Waals surface area contributed by atoms with E-state index in [4.69, 9.17) is 10.2 Å². The number of nitrogens with two attached hydrogens (primary N) is 1. The van der Waals surface area contributed by atoms with Crippen molar-refractivity contribution >= 4 is 28.1 Å². The lowest BCUT2D eigenvalue weighted by atomic mass is 9.85. The lowest BCUT2D eigenvalue weighted by molar-refractivity contribution is 0.0610. The van der Waals surface area contributed by atoms with Crippen molar-refractivity contribution in [2.75, 3.05) is 5.73 Å². The minimum atomic E-state index is -0.971. The molecule has 0 atom stereocenters. The Hall–Kier alpha value is -3.37. The highest BCUT2D eigenvalue weighted by Gasteiger charge is 2.27. The van der Waals surface area contributed by atoms with Gasteiger partial charge in [0.25, 0.3) is 0 Å². The Labute approximate surface area is 167 Å². The zero-order valence-electron chi connectivity index (χ0n) is 16.1. The van der Waals surface area contributed by atoms with Crippen LogP contribution in [0.3, 0.4) is 0 Å². The van der Waals surface area contributed by atoms with Gasteiger partial charge < -0.3 is 15.3 Å². The molecule has 1 aromatic carbocycles. The SMILES string of the molecule is Cn1c(N)nc2c(-c3cc4ccccc4o3)nc(C#CC3(O)CCCCC3)nc21. The number of rotatable bonds is 1. The molecule has 3 aromatic heterocycles. The summed E-state index contributed by atoms with van der Waals surface area (Å²) in [5.74, 6) is 7.21. The molecule has 0 aliphatic heterocycles. The van der Waals surface area contributed by atoms with Crippen molar-refractivity contribution < 1.29 is 9.52 Å². The third-order valence-corrected chi connectivity index (χ3v) is 5.50. The molecule has 0 amide bonds. The third kappa shape index (κ3) is 3.12. The molecule has 3 N–H and O–H groups in total. The van der Waals surface area contributed by atoms with Gasteiger partial charge in [0.2, 0.25) is 11.8 Å². The molecular formula is C22H21N5O2. The van der Waals surface area contributed by atoms with Crippen LogP contribution in [0.5, 0.6) is 0 Å². The molecule has 0 unspecified atom stereocenters. The minimum Gasteiger partial charge on any atom is -0.454 e. The number of fused-ring (bicyclic) bond motifs is 2. The van der Waals surface area contributed by atoms with Crippen LogP contribution in [0.4, 0.5) is 5.95 Å². The summed E-state index contributed by atoms with van der Waals surface area (Å²) in [5, 5.41) is 11.7. The van der Waals surface area contributed by atoms with Gasteiger partial charge in [-0.3, -0.25) is 4.57 Å². The maximum atomic E-state index is 10.7. The van der Waals surface area contributed by atoms with E-state index in [0.717, 1.165) is 30.2 Å². The number of para-hydroxylation sites is 1. The van der Waals surface area contributed by atoms with E-state index in [1.54, 1.807) is 11.6 Å². The van der Waals surface area contributed by atoms with Crippen molar-refractivity contribution in [2.45, 2.75) is 37.7 Å². The molecule has 1 aliphatic rings. The number of imidazole rings is 1. The van der Waals surface area contributed by atoms with Crippen LogP contribution in [0.25, 0.3) is 33.6 Å². The molecule has 0 bridgehead atoms.